The highest BCUT2D eigenvalue weighted by Crippen LogP contribution is 2.31. The van der Waals surface area contributed by atoms with Crippen LogP contribution < -0.4 is 16.0 Å². The van der Waals surface area contributed by atoms with E-state index in [-0.39, 0.29) is 6.54 Å². The summed E-state index contributed by atoms with van der Waals surface area (Å²) in [5.41, 5.74) is -1.53. The molecule has 22 heavy (non-hydrogen) atoms. The minimum Gasteiger partial charge on any atom is -0.355 e. The Balaban J connectivity index is 2.55. The molecule has 0 aliphatic heterocycles. The Morgan fingerprint density at radius 3 is 2.41 bits per heavy atom. The lowest BCUT2D eigenvalue weighted by Gasteiger charge is -2.12. The maximum atomic E-state index is 12.8. The number of alkyl halides is 3. The van der Waals surface area contributed by atoms with Crippen molar-refractivity contribution in [3.63, 3.8) is 0 Å². The highest BCUT2D eigenvalue weighted by molar-refractivity contribution is 5.97. The number of rotatable bonds is 7. The normalized spacial score (nSPS) is 11.1. The van der Waals surface area contributed by atoms with E-state index in [0.717, 1.165) is 18.7 Å². The summed E-state index contributed by atoms with van der Waals surface area (Å²) in [5, 5.41) is 7.64. The van der Waals surface area contributed by atoms with Crippen LogP contribution in [0.5, 0.6) is 0 Å². The van der Waals surface area contributed by atoms with Gasteiger partial charge in [0.05, 0.1) is 17.7 Å². The van der Waals surface area contributed by atoms with Crippen molar-refractivity contribution in [2.75, 3.05) is 26.7 Å². The summed E-state index contributed by atoms with van der Waals surface area (Å²) in [7, 11) is 1.78. The van der Waals surface area contributed by atoms with Gasteiger partial charge in [0.25, 0.3) is 5.91 Å². The number of amides is 2. The second kappa shape index (κ2) is 8.38. The molecule has 0 spiro atoms. The van der Waals surface area contributed by atoms with E-state index in [4.69, 9.17) is 0 Å². The molecule has 0 fully saturated rings. The summed E-state index contributed by atoms with van der Waals surface area (Å²) in [5.74, 6) is -1.38. The molecule has 0 aliphatic carbocycles. The first kappa shape index (κ1) is 18.0. The molecule has 1 aromatic rings. The highest BCUT2D eigenvalue weighted by Gasteiger charge is 2.34. The number of carbonyl (C=O) groups is 2. The third-order valence-electron chi connectivity index (χ3n) is 2.81. The van der Waals surface area contributed by atoms with E-state index >= 15 is 0 Å². The number of carbonyl (C=O) groups excluding carboxylic acids is 2. The van der Waals surface area contributed by atoms with Crippen LogP contribution in [0.15, 0.2) is 24.3 Å². The van der Waals surface area contributed by atoms with Crippen LogP contribution in [0.2, 0.25) is 0 Å². The van der Waals surface area contributed by atoms with Crippen molar-refractivity contribution in [3.05, 3.63) is 35.4 Å². The van der Waals surface area contributed by atoms with E-state index in [1.807, 2.05) is 0 Å². The van der Waals surface area contributed by atoms with Crippen LogP contribution in [0.3, 0.4) is 0 Å². The lowest BCUT2D eigenvalue weighted by atomic mass is 10.1. The second-order valence-corrected chi connectivity index (χ2v) is 4.53. The lowest BCUT2D eigenvalue weighted by Crippen LogP contribution is -2.38. The molecule has 0 radical (unpaired) electrons. The average molecular weight is 317 g/mol. The van der Waals surface area contributed by atoms with Gasteiger partial charge in [-0.15, -0.1) is 0 Å². The van der Waals surface area contributed by atoms with Gasteiger partial charge in [-0.25, -0.2) is 0 Å². The molecule has 8 heteroatoms. The fourth-order valence-corrected chi connectivity index (χ4v) is 1.74. The van der Waals surface area contributed by atoms with Crippen molar-refractivity contribution in [1.82, 2.24) is 16.0 Å². The summed E-state index contributed by atoms with van der Waals surface area (Å²) in [6.07, 6.45) is -3.91. The molecule has 5 nitrogen and oxygen atoms in total. The van der Waals surface area contributed by atoms with Crippen molar-refractivity contribution < 1.29 is 22.8 Å². The fraction of sp³-hybridized carbons (Fsp3) is 0.429. The van der Waals surface area contributed by atoms with Gasteiger partial charge < -0.3 is 16.0 Å². The van der Waals surface area contributed by atoms with Gasteiger partial charge in [0, 0.05) is 6.54 Å². The molecule has 0 saturated carbocycles. The summed E-state index contributed by atoms with van der Waals surface area (Å²) in [4.78, 5) is 23.2. The third kappa shape index (κ3) is 5.72. The summed E-state index contributed by atoms with van der Waals surface area (Å²) in [6, 6.07) is 4.44. The number of benzene rings is 1. The lowest BCUT2D eigenvalue weighted by molar-refractivity contribution is -0.137. The third-order valence-corrected chi connectivity index (χ3v) is 2.81. The van der Waals surface area contributed by atoms with Crippen LogP contribution >= 0.6 is 0 Å². The molecule has 0 aromatic heterocycles. The van der Waals surface area contributed by atoms with E-state index in [2.05, 4.69) is 16.0 Å². The van der Waals surface area contributed by atoms with E-state index in [1.165, 1.54) is 12.1 Å². The van der Waals surface area contributed by atoms with Gasteiger partial charge in [-0.05, 0) is 32.1 Å². The summed E-state index contributed by atoms with van der Waals surface area (Å²) in [6.45, 7) is 0.783. The van der Waals surface area contributed by atoms with E-state index in [9.17, 15) is 22.8 Å². The average Bonchev–Trinajstić information content (AvgIpc) is 2.48. The molecule has 1 aromatic carbocycles. The molecular weight excluding hydrogens is 299 g/mol. The van der Waals surface area contributed by atoms with Gasteiger partial charge in [-0.3, -0.25) is 9.59 Å². The first-order chi connectivity index (χ1) is 10.4. The van der Waals surface area contributed by atoms with Crippen molar-refractivity contribution in [2.45, 2.75) is 12.6 Å². The molecule has 0 bridgehead atoms. The van der Waals surface area contributed by atoms with Gasteiger partial charge in [0.1, 0.15) is 0 Å². The number of hydrogen-bond donors (Lipinski definition) is 3. The van der Waals surface area contributed by atoms with E-state index < -0.39 is 29.1 Å². The first-order valence-corrected chi connectivity index (χ1v) is 6.72. The van der Waals surface area contributed by atoms with Crippen LogP contribution in [0.4, 0.5) is 13.2 Å². The number of nitrogens with one attached hydrogen (secondary N) is 3. The topological polar surface area (TPSA) is 70.2 Å². The smallest absolute Gasteiger partial charge is 0.355 e. The van der Waals surface area contributed by atoms with Gasteiger partial charge >= 0.3 is 6.18 Å². The first-order valence-electron chi connectivity index (χ1n) is 6.72. The van der Waals surface area contributed by atoms with Gasteiger partial charge in [0.15, 0.2) is 0 Å². The van der Waals surface area contributed by atoms with Crippen LogP contribution in [-0.4, -0.2) is 38.5 Å². The molecule has 122 valence electrons. The Hall–Kier alpha value is -2.09. The predicted molar refractivity (Wildman–Crippen MR) is 75.3 cm³/mol. The predicted octanol–water partition coefficient (Wildman–Crippen LogP) is 1.16. The van der Waals surface area contributed by atoms with Gasteiger partial charge in [-0.1, -0.05) is 12.1 Å². The molecule has 0 saturated heterocycles. The molecule has 1 rings (SSSR count). The Bertz CT molecular complexity index is 518. The van der Waals surface area contributed by atoms with Crippen LogP contribution in [-0.2, 0) is 11.0 Å². The van der Waals surface area contributed by atoms with Crippen molar-refractivity contribution in [1.29, 1.82) is 0 Å². The Kier molecular flexibility index (Phi) is 6.84. The Labute approximate surface area is 126 Å². The van der Waals surface area contributed by atoms with Gasteiger partial charge in [0.2, 0.25) is 5.91 Å². The minimum atomic E-state index is -4.62. The van der Waals surface area contributed by atoms with Crippen LogP contribution in [0.25, 0.3) is 0 Å². The molecule has 2 amide bonds. The Morgan fingerprint density at radius 2 is 1.77 bits per heavy atom. The van der Waals surface area contributed by atoms with Gasteiger partial charge in [-0.2, -0.15) is 13.2 Å². The molecule has 3 N–H and O–H groups in total. The summed E-state index contributed by atoms with van der Waals surface area (Å²) >= 11 is 0. The van der Waals surface area contributed by atoms with E-state index in [0.29, 0.717) is 13.0 Å². The molecule has 0 heterocycles. The second-order valence-electron chi connectivity index (χ2n) is 4.53. The fourth-order valence-electron chi connectivity index (χ4n) is 1.74. The number of halogens is 3. The monoisotopic (exact) mass is 317 g/mol. The molecule has 0 unspecified atom stereocenters. The summed E-state index contributed by atoms with van der Waals surface area (Å²) < 4.78 is 38.3. The largest absolute Gasteiger partial charge is 0.417 e. The molecule has 0 aliphatic rings. The maximum absolute atomic E-state index is 12.8. The zero-order valence-corrected chi connectivity index (χ0v) is 12.1. The number of hydrogen-bond acceptors (Lipinski definition) is 3. The van der Waals surface area contributed by atoms with E-state index in [1.54, 1.807) is 7.05 Å². The Morgan fingerprint density at radius 1 is 1.09 bits per heavy atom. The zero-order chi connectivity index (χ0) is 16.6. The SMILES string of the molecule is CNCCCNC(=O)CNC(=O)c1ccccc1C(F)(F)F. The van der Waals surface area contributed by atoms with Crippen LogP contribution in [0.1, 0.15) is 22.3 Å². The quantitative estimate of drug-likeness (QED) is 0.661. The maximum Gasteiger partial charge on any atom is 0.417 e. The van der Waals surface area contributed by atoms with Crippen LogP contribution in [0, 0.1) is 0 Å². The highest BCUT2D eigenvalue weighted by atomic mass is 19.4. The molecular formula is C14H18F3N3O2. The van der Waals surface area contributed by atoms with Crippen molar-refractivity contribution in [2.24, 2.45) is 0 Å². The van der Waals surface area contributed by atoms with Crippen molar-refractivity contribution in [3.8, 4) is 0 Å². The minimum absolute atomic E-state index is 0.370. The zero-order valence-electron chi connectivity index (χ0n) is 12.1. The van der Waals surface area contributed by atoms with Crippen molar-refractivity contribution >= 4 is 11.8 Å². The molecule has 0 atom stereocenters. The standard InChI is InChI=1S/C14H18F3N3O2/c1-18-7-4-8-19-12(21)9-20-13(22)10-5-2-3-6-11(10)14(15,16)17/h2-3,5-6,18H,4,7-9H2,1H3,(H,19,21)(H,20,22).